The normalized spacial score (nSPS) is 18.2. The fourth-order valence-corrected chi connectivity index (χ4v) is 3.32. The molecule has 0 radical (unpaired) electrons. The van der Waals surface area contributed by atoms with E-state index in [0.29, 0.717) is 23.9 Å². The van der Waals surface area contributed by atoms with Crippen LogP contribution in [0.3, 0.4) is 0 Å². The average Bonchev–Trinajstić information content (AvgIpc) is 3.27. The highest BCUT2D eigenvalue weighted by molar-refractivity contribution is 6.30. The molecule has 0 bridgehead atoms. The minimum atomic E-state index is 0.0846. The van der Waals surface area contributed by atoms with E-state index in [1.54, 1.807) is 12.5 Å². The van der Waals surface area contributed by atoms with Gasteiger partial charge in [0.2, 0.25) is 5.90 Å². The van der Waals surface area contributed by atoms with Gasteiger partial charge in [-0.25, -0.2) is 14.7 Å². The van der Waals surface area contributed by atoms with Gasteiger partial charge in [0.25, 0.3) is 0 Å². The van der Waals surface area contributed by atoms with E-state index in [4.69, 9.17) is 16.3 Å². The number of halogens is 1. The maximum Gasteiger partial charge on any atom is 0.237 e. The van der Waals surface area contributed by atoms with Gasteiger partial charge in [-0.2, -0.15) is 0 Å². The highest BCUT2D eigenvalue weighted by atomic mass is 35.5. The summed E-state index contributed by atoms with van der Waals surface area (Å²) < 4.78 is 9.67. The van der Waals surface area contributed by atoms with Gasteiger partial charge in [-0.15, -0.1) is 5.10 Å². The number of rotatable bonds is 1. The zero-order chi connectivity index (χ0) is 16.3. The van der Waals surface area contributed by atoms with Crippen LogP contribution < -0.4 is 0 Å². The number of benzene rings is 1. The predicted molar refractivity (Wildman–Crippen MR) is 88.2 cm³/mol. The first-order valence-corrected chi connectivity index (χ1v) is 8.06. The van der Waals surface area contributed by atoms with Gasteiger partial charge in [-0.3, -0.25) is 4.57 Å². The number of nitrogens with zero attached hydrogens (tertiary/aromatic N) is 6. The molecule has 0 saturated carbocycles. The third kappa shape index (κ3) is 1.91. The first-order chi connectivity index (χ1) is 11.7. The standard InChI is InChI=1S/C16H13ClN6O/c1-9-6-18-16(24-9)15-14-5-11-7-20-21-23(11)13-4-10(17)2-3-12(13)22(14)8-19-15/h2-4,7-9H,5-6H2,1H3/t9-/m1/s1. The summed E-state index contributed by atoms with van der Waals surface area (Å²) >= 11 is 6.19. The maximum atomic E-state index is 6.19. The summed E-state index contributed by atoms with van der Waals surface area (Å²) in [6.45, 7) is 2.66. The minimum Gasteiger partial charge on any atom is -0.471 e. The number of ether oxygens (including phenoxy) is 1. The van der Waals surface area contributed by atoms with E-state index in [9.17, 15) is 0 Å². The molecule has 4 heterocycles. The summed E-state index contributed by atoms with van der Waals surface area (Å²) in [5.41, 5.74) is 4.57. The molecule has 0 fully saturated rings. The molecule has 24 heavy (non-hydrogen) atoms. The highest BCUT2D eigenvalue weighted by Crippen LogP contribution is 2.31. The van der Waals surface area contributed by atoms with Gasteiger partial charge in [0.1, 0.15) is 18.1 Å². The third-order valence-corrected chi connectivity index (χ3v) is 4.50. The van der Waals surface area contributed by atoms with Crippen LogP contribution in [0.2, 0.25) is 5.02 Å². The zero-order valence-corrected chi connectivity index (χ0v) is 13.6. The van der Waals surface area contributed by atoms with Crippen molar-refractivity contribution in [3.05, 3.63) is 52.8 Å². The van der Waals surface area contributed by atoms with Crippen molar-refractivity contribution in [2.45, 2.75) is 19.4 Å². The van der Waals surface area contributed by atoms with Crippen molar-refractivity contribution < 1.29 is 4.74 Å². The van der Waals surface area contributed by atoms with Crippen LogP contribution in [0.1, 0.15) is 24.0 Å². The van der Waals surface area contributed by atoms with E-state index >= 15 is 0 Å². The van der Waals surface area contributed by atoms with Crippen LogP contribution in [0.5, 0.6) is 0 Å². The molecular weight excluding hydrogens is 328 g/mol. The lowest BCUT2D eigenvalue weighted by Crippen LogP contribution is -2.12. The lowest BCUT2D eigenvalue weighted by atomic mass is 10.2. The van der Waals surface area contributed by atoms with E-state index in [1.807, 2.05) is 34.4 Å². The summed E-state index contributed by atoms with van der Waals surface area (Å²) in [7, 11) is 0. The average molecular weight is 341 g/mol. The molecule has 8 heteroatoms. The van der Waals surface area contributed by atoms with Crippen LogP contribution in [0.4, 0.5) is 0 Å². The molecule has 2 aliphatic heterocycles. The van der Waals surface area contributed by atoms with Crippen molar-refractivity contribution in [1.29, 1.82) is 0 Å². The number of hydrogen-bond donors (Lipinski definition) is 0. The second-order valence-electron chi connectivity index (χ2n) is 5.93. The number of imidazole rings is 1. The van der Waals surface area contributed by atoms with Crippen LogP contribution in [-0.4, -0.2) is 43.1 Å². The molecule has 1 aromatic carbocycles. The highest BCUT2D eigenvalue weighted by Gasteiger charge is 2.28. The molecule has 0 saturated heterocycles. The van der Waals surface area contributed by atoms with Gasteiger partial charge in [0, 0.05) is 11.4 Å². The Bertz CT molecular complexity index is 988. The van der Waals surface area contributed by atoms with Gasteiger partial charge in [-0.1, -0.05) is 16.8 Å². The summed E-state index contributed by atoms with van der Waals surface area (Å²) in [6.07, 6.45) is 4.27. The predicted octanol–water partition coefficient (Wildman–Crippen LogP) is 2.18. The molecule has 0 aliphatic carbocycles. The number of fused-ring (bicyclic) bond motifs is 5. The van der Waals surface area contributed by atoms with E-state index in [1.165, 1.54) is 0 Å². The van der Waals surface area contributed by atoms with Crippen LogP contribution in [0, 0.1) is 0 Å². The Morgan fingerprint density at radius 2 is 2.21 bits per heavy atom. The molecule has 1 atom stereocenters. The molecule has 0 N–H and O–H groups in total. The van der Waals surface area contributed by atoms with Gasteiger partial charge in [-0.05, 0) is 25.1 Å². The number of hydrogen-bond acceptors (Lipinski definition) is 5. The van der Waals surface area contributed by atoms with Crippen molar-refractivity contribution in [3.8, 4) is 11.4 Å². The van der Waals surface area contributed by atoms with Crippen LogP contribution in [0.25, 0.3) is 11.4 Å². The zero-order valence-electron chi connectivity index (χ0n) is 12.8. The Morgan fingerprint density at radius 3 is 3.04 bits per heavy atom. The van der Waals surface area contributed by atoms with Crippen LogP contribution in [0.15, 0.2) is 35.7 Å². The van der Waals surface area contributed by atoms with Crippen molar-refractivity contribution in [2.24, 2.45) is 4.99 Å². The van der Waals surface area contributed by atoms with Gasteiger partial charge in [0.05, 0.1) is 35.5 Å². The summed E-state index contributed by atoms with van der Waals surface area (Å²) in [5, 5.41) is 8.91. The van der Waals surface area contributed by atoms with Crippen molar-refractivity contribution >= 4 is 17.5 Å². The SMILES string of the molecule is C[C@@H]1CN=C(c2ncn3c2Cc2cnnn2-c2cc(Cl)ccc2-3)O1. The summed E-state index contributed by atoms with van der Waals surface area (Å²) in [4.78, 5) is 9.03. The van der Waals surface area contributed by atoms with Crippen molar-refractivity contribution in [1.82, 2.24) is 24.5 Å². The first-order valence-electron chi connectivity index (χ1n) is 7.68. The molecule has 3 aromatic rings. The van der Waals surface area contributed by atoms with E-state index < -0.39 is 0 Å². The topological polar surface area (TPSA) is 70.1 Å². The van der Waals surface area contributed by atoms with E-state index in [2.05, 4.69) is 20.3 Å². The molecule has 0 unspecified atom stereocenters. The van der Waals surface area contributed by atoms with Crippen molar-refractivity contribution in [2.75, 3.05) is 6.54 Å². The maximum absolute atomic E-state index is 6.19. The molecule has 2 aromatic heterocycles. The summed E-state index contributed by atoms with van der Waals surface area (Å²) in [5.74, 6) is 0.604. The Balaban J connectivity index is 1.76. The second-order valence-corrected chi connectivity index (χ2v) is 6.37. The minimum absolute atomic E-state index is 0.0846. The Morgan fingerprint density at radius 1 is 1.29 bits per heavy atom. The summed E-state index contributed by atoms with van der Waals surface area (Å²) in [6, 6.07) is 5.70. The lowest BCUT2D eigenvalue weighted by molar-refractivity contribution is 0.245. The van der Waals surface area contributed by atoms with Crippen LogP contribution >= 0.6 is 11.6 Å². The monoisotopic (exact) mass is 340 g/mol. The molecule has 0 amide bonds. The molecule has 5 rings (SSSR count). The molecular formula is C16H13ClN6O. The molecule has 0 spiro atoms. The lowest BCUT2D eigenvalue weighted by Gasteiger charge is -2.10. The Kier molecular flexibility index (Phi) is 2.81. The fourth-order valence-electron chi connectivity index (χ4n) is 3.16. The van der Waals surface area contributed by atoms with E-state index in [-0.39, 0.29) is 6.10 Å². The second kappa shape index (κ2) is 4.91. The Hall–Kier alpha value is -2.67. The largest absolute Gasteiger partial charge is 0.471 e. The fraction of sp³-hybridized carbons (Fsp3) is 0.250. The molecule has 7 nitrogen and oxygen atoms in total. The molecule has 2 aliphatic rings. The smallest absolute Gasteiger partial charge is 0.237 e. The Labute approximate surface area is 142 Å². The van der Waals surface area contributed by atoms with Crippen LogP contribution in [-0.2, 0) is 11.2 Å². The number of aliphatic imine (C=N–C) groups is 1. The van der Waals surface area contributed by atoms with Gasteiger partial charge < -0.3 is 4.74 Å². The quantitative estimate of drug-likeness (QED) is 0.532. The number of aromatic nitrogens is 5. The van der Waals surface area contributed by atoms with E-state index in [0.717, 1.165) is 28.5 Å². The molecule has 120 valence electrons. The third-order valence-electron chi connectivity index (χ3n) is 4.27. The first kappa shape index (κ1) is 13.7. The van der Waals surface area contributed by atoms with Gasteiger partial charge >= 0.3 is 0 Å². The van der Waals surface area contributed by atoms with Gasteiger partial charge in [0.15, 0.2) is 0 Å². The van der Waals surface area contributed by atoms with Crippen molar-refractivity contribution in [3.63, 3.8) is 0 Å².